The zero-order valence-corrected chi connectivity index (χ0v) is 15.8. The van der Waals surface area contributed by atoms with E-state index in [4.69, 9.17) is 0 Å². The maximum Gasteiger partial charge on any atom is 0.280 e. The van der Waals surface area contributed by atoms with Crippen LogP contribution in [0.1, 0.15) is 26.5 Å². The van der Waals surface area contributed by atoms with Gasteiger partial charge in [-0.1, -0.05) is 24.3 Å². The number of carbonyl (C=O) groups excluding carboxylic acids is 2. The number of hydrogen-bond acceptors (Lipinski definition) is 4. The molecule has 28 heavy (non-hydrogen) atoms. The lowest BCUT2D eigenvalue weighted by atomic mass is 10.1. The zero-order valence-electron chi connectivity index (χ0n) is 15.8. The third-order valence-corrected chi connectivity index (χ3v) is 4.10. The Hall–Kier alpha value is -3.74. The fourth-order valence-electron chi connectivity index (χ4n) is 2.71. The fraction of sp³-hybridized carbons (Fsp3) is 0.143. The maximum atomic E-state index is 12.7. The molecular formula is C21H20N4O3. The van der Waals surface area contributed by atoms with Gasteiger partial charge >= 0.3 is 0 Å². The van der Waals surface area contributed by atoms with E-state index >= 15 is 0 Å². The van der Waals surface area contributed by atoms with Gasteiger partial charge in [-0.2, -0.15) is 5.10 Å². The van der Waals surface area contributed by atoms with Crippen LogP contribution in [0.2, 0.25) is 0 Å². The van der Waals surface area contributed by atoms with Crippen LogP contribution in [0.15, 0.2) is 65.5 Å². The Kier molecular flexibility index (Phi) is 5.35. The third kappa shape index (κ3) is 3.98. The molecule has 0 aliphatic heterocycles. The minimum Gasteiger partial charge on any atom is -0.345 e. The van der Waals surface area contributed by atoms with E-state index in [1.807, 2.05) is 30.3 Å². The highest BCUT2D eigenvalue weighted by atomic mass is 16.2. The van der Waals surface area contributed by atoms with E-state index in [-0.39, 0.29) is 11.6 Å². The second-order valence-electron chi connectivity index (χ2n) is 6.48. The third-order valence-electron chi connectivity index (χ3n) is 4.10. The predicted octanol–water partition coefficient (Wildman–Crippen LogP) is 2.50. The average Bonchev–Trinajstić information content (AvgIpc) is 2.68. The van der Waals surface area contributed by atoms with Gasteiger partial charge in [-0.05, 0) is 37.3 Å². The topological polar surface area (TPSA) is 84.3 Å². The van der Waals surface area contributed by atoms with Crippen LogP contribution >= 0.6 is 0 Å². The summed E-state index contributed by atoms with van der Waals surface area (Å²) in [5.74, 6) is -0.819. The van der Waals surface area contributed by atoms with Crippen molar-refractivity contribution < 1.29 is 9.59 Å². The van der Waals surface area contributed by atoms with E-state index in [1.54, 1.807) is 50.0 Å². The normalized spacial score (nSPS) is 10.4. The molecular weight excluding hydrogens is 356 g/mol. The van der Waals surface area contributed by atoms with Crippen molar-refractivity contribution in [2.75, 3.05) is 19.4 Å². The molecule has 1 aromatic heterocycles. The minimum absolute atomic E-state index is 0.184. The van der Waals surface area contributed by atoms with Crippen LogP contribution in [0.25, 0.3) is 5.69 Å². The number of amides is 2. The van der Waals surface area contributed by atoms with Crippen molar-refractivity contribution in [2.24, 2.45) is 0 Å². The number of nitrogens with zero attached hydrogens (tertiary/aromatic N) is 3. The molecule has 0 saturated heterocycles. The van der Waals surface area contributed by atoms with Crippen molar-refractivity contribution in [3.8, 4) is 5.69 Å². The Bertz CT molecular complexity index is 1090. The summed E-state index contributed by atoms with van der Waals surface area (Å²) in [6.45, 7) is 1.75. The van der Waals surface area contributed by atoms with E-state index < -0.39 is 11.3 Å². The van der Waals surface area contributed by atoms with Crippen LogP contribution < -0.4 is 10.7 Å². The molecule has 7 heteroatoms. The van der Waals surface area contributed by atoms with Crippen molar-refractivity contribution in [3.63, 3.8) is 0 Å². The molecule has 0 bridgehead atoms. The van der Waals surface area contributed by atoms with Gasteiger partial charge in [-0.15, -0.1) is 0 Å². The molecule has 0 unspecified atom stereocenters. The molecule has 0 fully saturated rings. The molecule has 0 aliphatic rings. The van der Waals surface area contributed by atoms with Crippen LogP contribution in [0.3, 0.4) is 0 Å². The first-order valence-corrected chi connectivity index (χ1v) is 8.66. The Balaban J connectivity index is 1.92. The van der Waals surface area contributed by atoms with Crippen LogP contribution in [-0.4, -0.2) is 40.6 Å². The zero-order chi connectivity index (χ0) is 20.3. The highest BCUT2D eigenvalue weighted by Crippen LogP contribution is 2.13. The Morgan fingerprint density at radius 3 is 2.39 bits per heavy atom. The molecule has 0 radical (unpaired) electrons. The number of hydrogen-bond donors (Lipinski definition) is 1. The van der Waals surface area contributed by atoms with E-state index in [9.17, 15) is 14.4 Å². The number of aryl methyl sites for hydroxylation is 1. The molecule has 3 rings (SSSR count). The van der Waals surface area contributed by atoms with Crippen LogP contribution in [-0.2, 0) is 0 Å². The number of rotatable bonds is 4. The van der Waals surface area contributed by atoms with Crippen molar-refractivity contribution in [2.45, 2.75) is 6.92 Å². The number of nitrogens with one attached hydrogen (secondary N) is 1. The molecule has 2 amide bonds. The van der Waals surface area contributed by atoms with Gasteiger partial charge in [-0.25, -0.2) is 4.68 Å². The second-order valence-corrected chi connectivity index (χ2v) is 6.48. The molecule has 0 saturated carbocycles. The summed E-state index contributed by atoms with van der Waals surface area (Å²) in [5.41, 5.74) is 1.51. The Labute approximate surface area is 162 Å². The number of para-hydroxylation sites is 1. The SMILES string of the molecule is Cc1cc(=O)c(C(=O)Nc2cccc(C(=O)N(C)C)c2)nn1-c1ccccc1. The van der Waals surface area contributed by atoms with Crippen molar-refractivity contribution in [1.29, 1.82) is 0 Å². The maximum absolute atomic E-state index is 12.7. The Morgan fingerprint density at radius 2 is 1.71 bits per heavy atom. The lowest BCUT2D eigenvalue weighted by Crippen LogP contribution is -2.27. The van der Waals surface area contributed by atoms with Gasteiger partial charge in [0.25, 0.3) is 11.8 Å². The van der Waals surface area contributed by atoms with Gasteiger partial charge in [0.1, 0.15) is 0 Å². The van der Waals surface area contributed by atoms with E-state index in [2.05, 4.69) is 10.4 Å². The van der Waals surface area contributed by atoms with Crippen LogP contribution in [0.5, 0.6) is 0 Å². The van der Waals surface area contributed by atoms with E-state index in [0.717, 1.165) is 5.69 Å². The van der Waals surface area contributed by atoms with Gasteiger partial charge in [0.15, 0.2) is 5.69 Å². The molecule has 142 valence electrons. The summed E-state index contributed by atoms with van der Waals surface area (Å²) in [6.07, 6.45) is 0. The summed E-state index contributed by atoms with van der Waals surface area (Å²) in [4.78, 5) is 38.5. The number of aromatic nitrogens is 2. The number of carbonyl (C=O) groups is 2. The molecule has 2 aromatic carbocycles. The number of anilines is 1. The summed E-state index contributed by atoms with van der Waals surface area (Å²) < 4.78 is 1.54. The summed E-state index contributed by atoms with van der Waals surface area (Å²) in [5, 5.41) is 6.89. The van der Waals surface area contributed by atoms with Crippen molar-refractivity contribution in [1.82, 2.24) is 14.7 Å². The van der Waals surface area contributed by atoms with E-state index in [0.29, 0.717) is 16.9 Å². The fourth-order valence-corrected chi connectivity index (χ4v) is 2.71. The predicted molar refractivity (Wildman–Crippen MR) is 107 cm³/mol. The van der Waals surface area contributed by atoms with Crippen molar-refractivity contribution >= 4 is 17.5 Å². The molecule has 0 spiro atoms. The van der Waals surface area contributed by atoms with Crippen LogP contribution in [0, 0.1) is 6.92 Å². The second kappa shape index (κ2) is 7.87. The molecule has 3 aromatic rings. The smallest absolute Gasteiger partial charge is 0.280 e. The van der Waals surface area contributed by atoms with Crippen molar-refractivity contribution in [3.05, 3.63) is 87.8 Å². The summed E-state index contributed by atoms with van der Waals surface area (Å²) in [7, 11) is 3.30. The molecule has 0 atom stereocenters. The minimum atomic E-state index is -0.635. The van der Waals surface area contributed by atoms with Gasteiger partial charge in [0, 0.05) is 37.1 Å². The number of benzene rings is 2. The largest absolute Gasteiger partial charge is 0.345 e. The molecule has 1 N–H and O–H groups in total. The first-order chi connectivity index (χ1) is 13.4. The lowest BCUT2D eigenvalue weighted by molar-refractivity contribution is 0.0827. The lowest BCUT2D eigenvalue weighted by Gasteiger charge is -2.13. The van der Waals surface area contributed by atoms with Crippen LogP contribution in [0.4, 0.5) is 5.69 Å². The first-order valence-electron chi connectivity index (χ1n) is 8.66. The monoisotopic (exact) mass is 376 g/mol. The van der Waals surface area contributed by atoms with Gasteiger partial charge in [0.2, 0.25) is 5.43 Å². The van der Waals surface area contributed by atoms with Gasteiger partial charge in [0.05, 0.1) is 5.69 Å². The highest BCUT2D eigenvalue weighted by Gasteiger charge is 2.16. The van der Waals surface area contributed by atoms with E-state index in [1.165, 1.54) is 11.0 Å². The quantitative estimate of drug-likeness (QED) is 0.758. The standard InChI is InChI=1S/C21H20N4O3/c1-14-12-18(26)19(23-25(14)17-10-5-4-6-11-17)20(27)22-16-9-7-8-15(13-16)21(28)24(2)3/h4-13H,1-3H3,(H,22,27). The molecule has 0 aliphatic carbocycles. The first kappa shape index (κ1) is 19.0. The summed E-state index contributed by atoms with van der Waals surface area (Å²) in [6, 6.07) is 17.1. The molecule has 7 nitrogen and oxygen atoms in total. The van der Waals surface area contributed by atoms with Gasteiger partial charge < -0.3 is 10.2 Å². The van der Waals surface area contributed by atoms with Gasteiger partial charge in [-0.3, -0.25) is 14.4 Å². The summed E-state index contributed by atoms with van der Waals surface area (Å²) >= 11 is 0. The highest BCUT2D eigenvalue weighted by molar-refractivity contribution is 6.03. The molecule has 1 heterocycles. The average molecular weight is 376 g/mol. The Morgan fingerprint density at radius 1 is 1.00 bits per heavy atom.